The van der Waals surface area contributed by atoms with Crippen molar-refractivity contribution < 1.29 is 4.74 Å². The average Bonchev–Trinajstić information content (AvgIpc) is 3.19. The Kier molecular flexibility index (Phi) is 4.22. The molecule has 0 spiro atoms. The molecule has 2 aromatic heterocycles. The molecular weight excluding hydrogens is 274 g/mol. The van der Waals surface area contributed by atoms with Gasteiger partial charge in [0.25, 0.3) is 0 Å². The quantitative estimate of drug-likeness (QED) is 0.579. The molecule has 20 heavy (non-hydrogen) atoms. The van der Waals surface area contributed by atoms with Crippen LogP contribution in [0.1, 0.15) is 37.4 Å². The van der Waals surface area contributed by atoms with Crippen LogP contribution in [0.2, 0.25) is 0 Å². The molecule has 1 saturated carbocycles. The number of hydrogen-bond donors (Lipinski definition) is 0. The highest BCUT2D eigenvalue weighted by Gasteiger charge is 2.21. The molecule has 5 heteroatoms. The molecule has 1 aliphatic rings. The minimum Gasteiger partial charge on any atom is -0.381 e. The van der Waals surface area contributed by atoms with Gasteiger partial charge in [-0.2, -0.15) is 0 Å². The van der Waals surface area contributed by atoms with Gasteiger partial charge in [-0.25, -0.2) is 9.97 Å². The lowest BCUT2D eigenvalue weighted by atomic mass is 10.4. The number of alkyl halides is 1. The maximum Gasteiger partial charge on any atom is 0.160 e. The van der Waals surface area contributed by atoms with E-state index in [0.29, 0.717) is 0 Å². The van der Waals surface area contributed by atoms with Crippen LogP contribution in [-0.4, -0.2) is 27.7 Å². The van der Waals surface area contributed by atoms with Gasteiger partial charge in [0.05, 0.1) is 5.38 Å². The first-order valence-electron chi connectivity index (χ1n) is 7.28. The van der Waals surface area contributed by atoms with E-state index in [4.69, 9.17) is 16.3 Å². The van der Waals surface area contributed by atoms with Gasteiger partial charge in [0.15, 0.2) is 5.65 Å². The highest BCUT2D eigenvalue weighted by Crippen LogP contribution is 2.29. The smallest absolute Gasteiger partial charge is 0.160 e. The van der Waals surface area contributed by atoms with Gasteiger partial charge in [0, 0.05) is 26.0 Å². The molecular formula is C15H20ClN3O. The van der Waals surface area contributed by atoms with Crippen LogP contribution in [-0.2, 0) is 11.3 Å². The van der Waals surface area contributed by atoms with Gasteiger partial charge in [-0.1, -0.05) is 0 Å². The molecule has 1 unspecified atom stereocenters. The molecule has 2 aromatic rings. The second-order valence-electron chi connectivity index (χ2n) is 5.46. The number of nitrogens with zero attached hydrogens (tertiary/aromatic N) is 3. The van der Waals surface area contributed by atoms with Crippen LogP contribution in [0.25, 0.3) is 11.2 Å². The number of hydrogen-bond acceptors (Lipinski definition) is 3. The second-order valence-corrected chi connectivity index (χ2v) is 6.11. The number of ether oxygens (including phenoxy) is 1. The van der Waals surface area contributed by atoms with E-state index in [-0.39, 0.29) is 5.38 Å². The Morgan fingerprint density at radius 1 is 1.50 bits per heavy atom. The van der Waals surface area contributed by atoms with Gasteiger partial charge in [-0.3, -0.25) is 0 Å². The first-order chi connectivity index (χ1) is 9.75. The van der Waals surface area contributed by atoms with E-state index in [1.54, 1.807) is 6.20 Å². The summed E-state index contributed by atoms with van der Waals surface area (Å²) in [6.45, 7) is 4.51. The van der Waals surface area contributed by atoms with E-state index in [9.17, 15) is 0 Å². The molecule has 1 aliphatic carbocycles. The Labute approximate surface area is 124 Å². The Bertz CT molecular complexity index is 578. The fraction of sp³-hybridized carbons (Fsp3) is 0.600. The predicted octanol–water partition coefficient (Wildman–Crippen LogP) is 3.55. The Hall–Kier alpha value is -1.13. The van der Waals surface area contributed by atoms with Crippen molar-refractivity contribution in [2.45, 2.75) is 38.1 Å². The lowest BCUT2D eigenvalue weighted by Gasteiger charge is -2.10. The number of aryl methyl sites for hydroxylation is 1. The summed E-state index contributed by atoms with van der Waals surface area (Å²) >= 11 is 6.23. The van der Waals surface area contributed by atoms with Gasteiger partial charge in [-0.15, -0.1) is 11.6 Å². The molecule has 0 bridgehead atoms. The van der Waals surface area contributed by atoms with Crippen LogP contribution in [0.3, 0.4) is 0 Å². The Balaban J connectivity index is 1.66. The van der Waals surface area contributed by atoms with Gasteiger partial charge < -0.3 is 9.30 Å². The minimum absolute atomic E-state index is 0.114. The molecule has 1 fully saturated rings. The molecule has 1 atom stereocenters. The normalized spacial score (nSPS) is 16.7. The van der Waals surface area contributed by atoms with Crippen LogP contribution >= 0.6 is 11.6 Å². The summed E-state index contributed by atoms with van der Waals surface area (Å²) in [4.78, 5) is 9.00. The summed E-state index contributed by atoms with van der Waals surface area (Å²) in [6, 6.07) is 3.88. The summed E-state index contributed by atoms with van der Waals surface area (Å²) in [7, 11) is 0. The highest BCUT2D eigenvalue weighted by atomic mass is 35.5. The third-order valence-electron chi connectivity index (χ3n) is 3.61. The maximum absolute atomic E-state index is 6.23. The largest absolute Gasteiger partial charge is 0.381 e. The third kappa shape index (κ3) is 3.13. The molecule has 108 valence electrons. The maximum atomic E-state index is 6.23. The van der Waals surface area contributed by atoms with Crippen LogP contribution in [0, 0.1) is 5.92 Å². The first-order valence-corrected chi connectivity index (χ1v) is 7.72. The summed E-state index contributed by atoms with van der Waals surface area (Å²) in [5.74, 6) is 1.71. The van der Waals surface area contributed by atoms with E-state index < -0.39 is 0 Å². The molecule has 4 nitrogen and oxygen atoms in total. The zero-order valence-electron chi connectivity index (χ0n) is 11.8. The Morgan fingerprint density at radius 2 is 2.35 bits per heavy atom. The van der Waals surface area contributed by atoms with Gasteiger partial charge >= 0.3 is 0 Å². The lowest BCUT2D eigenvalue weighted by Crippen LogP contribution is -2.08. The van der Waals surface area contributed by atoms with E-state index in [1.165, 1.54) is 12.8 Å². The van der Waals surface area contributed by atoms with Crippen LogP contribution < -0.4 is 0 Å². The number of aromatic nitrogens is 3. The lowest BCUT2D eigenvalue weighted by molar-refractivity contribution is 0.119. The predicted molar refractivity (Wildman–Crippen MR) is 80.0 cm³/mol. The topological polar surface area (TPSA) is 39.9 Å². The first kappa shape index (κ1) is 13.8. The minimum atomic E-state index is -0.114. The van der Waals surface area contributed by atoms with Gasteiger partial charge in [0.2, 0.25) is 0 Å². The van der Waals surface area contributed by atoms with Crippen LogP contribution in [0.15, 0.2) is 18.3 Å². The van der Waals surface area contributed by atoms with Crippen molar-refractivity contribution >= 4 is 22.8 Å². The van der Waals surface area contributed by atoms with Crippen molar-refractivity contribution in [3.05, 3.63) is 24.2 Å². The molecule has 0 aromatic carbocycles. The van der Waals surface area contributed by atoms with E-state index in [0.717, 1.165) is 49.1 Å². The van der Waals surface area contributed by atoms with Crippen molar-refractivity contribution in [3.63, 3.8) is 0 Å². The van der Waals surface area contributed by atoms with E-state index in [1.807, 2.05) is 19.1 Å². The Morgan fingerprint density at radius 3 is 3.10 bits per heavy atom. The molecule has 0 amide bonds. The average molecular weight is 294 g/mol. The van der Waals surface area contributed by atoms with Crippen LogP contribution in [0.5, 0.6) is 0 Å². The molecule has 0 aliphatic heterocycles. The molecule has 0 N–H and O–H groups in total. The number of pyridine rings is 1. The molecule has 2 heterocycles. The summed E-state index contributed by atoms with van der Waals surface area (Å²) in [5, 5.41) is -0.114. The van der Waals surface area contributed by atoms with Crippen molar-refractivity contribution in [1.29, 1.82) is 0 Å². The molecule has 3 rings (SSSR count). The zero-order chi connectivity index (χ0) is 13.9. The summed E-state index contributed by atoms with van der Waals surface area (Å²) in [5.41, 5.74) is 1.83. The molecule has 0 saturated heterocycles. The van der Waals surface area contributed by atoms with Crippen molar-refractivity contribution in [1.82, 2.24) is 14.5 Å². The van der Waals surface area contributed by atoms with Crippen molar-refractivity contribution in [2.24, 2.45) is 5.92 Å². The SMILES string of the molecule is CC(Cl)c1nc2cccnc2n1CCCOCC1CC1. The summed E-state index contributed by atoms with van der Waals surface area (Å²) in [6.07, 6.45) is 5.44. The number of imidazole rings is 1. The highest BCUT2D eigenvalue weighted by molar-refractivity contribution is 6.20. The van der Waals surface area contributed by atoms with Crippen LogP contribution in [0.4, 0.5) is 0 Å². The molecule has 0 radical (unpaired) electrons. The summed E-state index contributed by atoms with van der Waals surface area (Å²) < 4.78 is 7.80. The van der Waals surface area contributed by atoms with Gasteiger partial charge in [0.1, 0.15) is 11.3 Å². The number of halogens is 1. The second kappa shape index (κ2) is 6.10. The van der Waals surface area contributed by atoms with E-state index in [2.05, 4.69) is 14.5 Å². The fourth-order valence-electron chi connectivity index (χ4n) is 2.36. The number of rotatable bonds is 7. The third-order valence-corrected chi connectivity index (χ3v) is 3.81. The van der Waals surface area contributed by atoms with E-state index >= 15 is 0 Å². The van der Waals surface area contributed by atoms with Crippen molar-refractivity contribution in [2.75, 3.05) is 13.2 Å². The fourth-order valence-corrected chi connectivity index (χ4v) is 2.53. The van der Waals surface area contributed by atoms with Crippen molar-refractivity contribution in [3.8, 4) is 0 Å². The van der Waals surface area contributed by atoms with Gasteiger partial charge in [-0.05, 0) is 44.2 Å². The standard InChI is InChI=1S/C15H20ClN3O/c1-11(16)14-18-13-4-2-7-17-15(13)19(14)8-3-9-20-10-12-5-6-12/h2,4,7,11-12H,3,5-6,8-10H2,1H3. The zero-order valence-corrected chi connectivity index (χ0v) is 12.5. The number of fused-ring (bicyclic) bond motifs is 1. The monoisotopic (exact) mass is 293 g/mol.